The highest BCUT2D eigenvalue weighted by atomic mass is 16.3. The van der Waals surface area contributed by atoms with Crippen LogP contribution in [0.15, 0.2) is 30.3 Å². The molecule has 19 heavy (non-hydrogen) atoms. The average Bonchev–Trinajstić information content (AvgIpc) is 3.26. The number of hydrogen-bond donors (Lipinski definition) is 2. The molecule has 3 nitrogen and oxygen atoms in total. The van der Waals surface area contributed by atoms with Gasteiger partial charge in [0.15, 0.2) is 0 Å². The lowest BCUT2D eigenvalue weighted by molar-refractivity contribution is 0.0849. The summed E-state index contributed by atoms with van der Waals surface area (Å²) in [6.45, 7) is 3.45. The maximum Gasteiger partial charge on any atom is 0.0486 e. The van der Waals surface area contributed by atoms with Gasteiger partial charge in [-0.3, -0.25) is 4.90 Å². The molecule has 1 aromatic carbocycles. The van der Waals surface area contributed by atoms with E-state index in [-0.39, 0.29) is 0 Å². The Morgan fingerprint density at radius 3 is 2.63 bits per heavy atom. The van der Waals surface area contributed by atoms with E-state index >= 15 is 0 Å². The zero-order chi connectivity index (χ0) is 13.1. The van der Waals surface area contributed by atoms with Crippen LogP contribution in [0.3, 0.4) is 0 Å². The molecular weight excluding hydrogens is 236 g/mol. The summed E-state index contributed by atoms with van der Waals surface area (Å²) in [5, 5.41) is 13.3. The molecule has 0 spiro atoms. The molecule has 0 radical (unpaired) electrons. The fourth-order valence-corrected chi connectivity index (χ4v) is 3.05. The van der Waals surface area contributed by atoms with Crippen LogP contribution in [-0.4, -0.2) is 41.8 Å². The molecule has 2 N–H and O–H groups in total. The first-order valence-electron chi connectivity index (χ1n) is 7.48. The predicted octanol–water partition coefficient (Wildman–Crippen LogP) is 1.62. The van der Waals surface area contributed by atoms with Crippen LogP contribution in [0.25, 0.3) is 0 Å². The third-order valence-corrected chi connectivity index (χ3v) is 4.33. The molecule has 104 valence electrons. The summed E-state index contributed by atoms with van der Waals surface area (Å²) in [5.41, 5.74) is 1.37. The van der Waals surface area contributed by atoms with Crippen LogP contribution in [-0.2, 0) is 6.54 Å². The molecule has 3 heteroatoms. The Morgan fingerprint density at radius 1 is 1.16 bits per heavy atom. The minimum Gasteiger partial charge on any atom is -0.396 e. The molecule has 3 rings (SSSR count). The van der Waals surface area contributed by atoms with Crippen molar-refractivity contribution in [3.05, 3.63) is 35.9 Å². The van der Waals surface area contributed by atoms with Crippen LogP contribution in [0, 0.1) is 5.92 Å². The van der Waals surface area contributed by atoms with Crippen LogP contribution in [0.1, 0.15) is 24.8 Å². The molecule has 2 fully saturated rings. The molecule has 0 bridgehead atoms. The molecule has 0 aromatic heterocycles. The highest BCUT2D eigenvalue weighted by Crippen LogP contribution is 2.25. The van der Waals surface area contributed by atoms with E-state index in [0.29, 0.717) is 18.6 Å². The number of piperidine rings is 1. The molecule has 1 aliphatic heterocycles. The van der Waals surface area contributed by atoms with E-state index < -0.39 is 0 Å². The maximum absolute atomic E-state index is 9.61. The fourth-order valence-electron chi connectivity index (χ4n) is 3.05. The quantitative estimate of drug-likeness (QED) is 0.844. The highest BCUT2D eigenvalue weighted by molar-refractivity contribution is 5.14. The fraction of sp³-hybridized carbons (Fsp3) is 0.625. The monoisotopic (exact) mass is 260 g/mol. The van der Waals surface area contributed by atoms with E-state index in [2.05, 4.69) is 40.5 Å². The van der Waals surface area contributed by atoms with Crippen LogP contribution in [0.4, 0.5) is 0 Å². The molecule has 0 amide bonds. The Morgan fingerprint density at radius 2 is 1.95 bits per heavy atom. The normalized spacial score (nSPS) is 28.5. The first kappa shape index (κ1) is 13.1. The lowest BCUT2D eigenvalue weighted by atomic mass is 9.92. The number of likely N-dealkylation sites (tertiary alicyclic amines) is 1. The molecule has 2 unspecified atom stereocenters. The Bertz CT molecular complexity index is 391. The maximum atomic E-state index is 9.61. The third kappa shape index (κ3) is 3.56. The predicted molar refractivity (Wildman–Crippen MR) is 76.9 cm³/mol. The Hall–Kier alpha value is -0.900. The van der Waals surface area contributed by atoms with Crippen LogP contribution >= 0.6 is 0 Å². The third-order valence-electron chi connectivity index (χ3n) is 4.33. The number of hydrogen-bond acceptors (Lipinski definition) is 3. The number of aliphatic hydroxyl groups is 1. The van der Waals surface area contributed by atoms with Crippen molar-refractivity contribution in [2.45, 2.75) is 37.9 Å². The summed E-state index contributed by atoms with van der Waals surface area (Å²) in [4.78, 5) is 2.47. The summed E-state index contributed by atoms with van der Waals surface area (Å²) in [5.74, 6) is 0.387. The van der Waals surface area contributed by atoms with Gasteiger partial charge in [-0.05, 0) is 31.4 Å². The first-order chi connectivity index (χ1) is 9.35. The van der Waals surface area contributed by atoms with Gasteiger partial charge in [0.2, 0.25) is 0 Å². The summed E-state index contributed by atoms with van der Waals surface area (Å²) in [6.07, 6.45) is 3.80. The van der Waals surface area contributed by atoms with E-state index in [1.807, 2.05) is 0 Å². The largest absolute Gasteiger partial charge is 0.396 e. The zero-order valence-corrected chi connectivity index (χ0v) is 11.5. The Labute approximate surface area is 115 Å². The van der Waals surface area contributed by atoms with Gasteiger partial charge in [0.25, 0.3) is 0 Å². The van der Waals surface area contributed by atoms with Gasteiger partial charge >= 0.3 is 0 Å². The Kier molecular flexibility index (Phi) is 4.16. The lowest BCUT2D eigenvalue weighted by Gasteiger charge is -2.38. The van der Waals surface area contributed by atoms with Crippen molar-refractivity contribution in [1.29, 1.82) is 0 Å². The topological polar surface area (TPSA) is 35.5 Å². The minimum atomic E-state index is 0.301. The van der Waals surface area contributed by atoms with E-state index in [1.165, 1.54) is 18.4 Å². The summed E-state index contributed by atoms with van der Waals surface area (Å²) >= 11 is 0. The molecular formula is C16H24N2O. The number of nitrogens with zero attached hydrogens (tertiary/aromatic N) is 1. The number of rotatable bonds is 5. The van der Waals surface area contributed by atoms with Crippen molar-refractivity contribution in [1.82, 2.24) is 10.2 Å². The van der Waals surface area contributed by atoms with E-state index in [0.717, 1.165) is 32.1 Å². The van der Waals surface area contributed by atoms with Crippen LogP contribution in [0.5, 0.6) is 0 Å². The van der Waals surface area contributed by atoms with Gasteiger partial charge in [0, 0.05) is 37.7 Å². The smallest absolute Gasteiger partial charge is 0.0486 e. The minimum absolute atomic E-state index is 0.301. The van der Waals surface area contributed by atoms with Crippen molar-refractivity contribution in [2.24, 2.45) is 5.92 Å². The number of benzene rings is 1. The molecule has 1 heterocycles. The SMILES string of the molecule is OCC1CN(Cc2ccccc2)CCC1NC1CC1. The molecule has 1 aliphatic carbocycles. The van der Waals surface area contributed by atoms with Gasteiger partial charge in [-0.15, -0.1) is 0 Å². The number of nitrogens with one attached hydrogen (secondary N) is 1. The van der Waals surface area contributed by atoms with Crippen LogP contribution in [0.2, 0.25) is 0 Å². The van der Waals surface area contributed by atoms with Crippen LogP contribution < -0.4 is 5.32 Å². The van der Waals surface area contributed by atoms with Gasteiger partial charge < -0.3 is 10.4 Å². The van der Waals surface area contributed by atoms with E-state index in [9.17, 15) is 5.11 Å². The van der Waals surface area contributed by atoms with E-state index in [1.54, 1.807) is 0 Å². The van der Waals surface area contributed by atoms with Crippen molar-refractivity contribution >= 4 is 0 Å². The molecule has 1 aromatic rings. The van der Waals surface area contributed by atoms with Gasteiger partial charge in [-0.1, -0.05) is 30.3 Å². The van der Waals surface area contributed by atoms with Crippen molar-refractivity contribution in [2.75, 3.05) is 19.7 Å². The standard InChI is InChI=1S/C16H24N2O/c19-12-14-11-18(10-13-4-2-1-3-5-13)9-8-16(14)17-15-6-7-15/h1-5,14-17,19H,6-12H2. The second-order valence-corrected chi connectivity index (χ2v) is 6.00. The summed E-state index contributed by atoms with van der Waals surface area (Å²) in [7, 11) is 0. The molecule has 1 saturated carbocycles. The highest BCUT2D eigenvalue weighted by Gasteiger charge is 2.32. The average molecular weight is 260 g/mol. The Balaban J connectivity index is 1.54. The first-order valence-corrected chi connectivity index (χ1v) is 7.48. The van der Waals surface area contributed by atoms with Gasteiger partial charge in [-0.2, -0.15) is 0 Å². The van der Waals surface area contributed by atoms with Crippen molar-refractivity contribution in [3.8, 4) is 0 Å². The zero-order valence-electron chi connectivity index (χ0n) is 11.5. The van der Waals surface area contributed by atoms with Crippen molar-refractivity contribution < 1.29 is 5.11 Å². The molecule has 2 atom stereocenters. The molecule has 1 saturated heterocycles. The summed E-state index contributed by atoms with van der Waals surface area (Å²) < 4.78 is 0. The molecule has 2 aliphatic rings. The van der Waals surface area contributed by atoms with Crippen molar-refractivity contribution in [3.63, 3.8) is 0 Å². The van der Waals surface area contributed by atoms with Gasteiger partial charge in [-0.25, -0.2) is 0 Å². The number of aliphatic hydroxyl groups excluding tert-OH is 1. The lowest BCUT2D eigenvalue weighted by Crippen LogP contribution is -2.50. The van der Waals surface area contributed by atoms with Gasteiger partial charge in [0.05, 0.1) is 0 Å². The van der Waals surface area contributed by atoms with E-state index in [4.69, 9.17) is 0 Å². The summed E-state index contributed by atoms with van der Waals surface area (Å²) in [6, 6.07) is 11.9. The second-order valence-electron chi connectivity index (χ2n) is 6.00. The van der Waals surface area contributed by atoms with Gasteiger partial charge in [0.1, 0.15) is 0 Å². The second kappa shape index (κ2) is 6.04.